The van der Waals surface area contributed by atoms with E-state index in [9.17, 15) is 39.6 Å². The molecule has 0 saturated heterocycles. The highest BCUT2D eigenvalue weighted by atomic mass is 16.4. The predicted octanol–water partition coefficient (Wildman–Crippen LogP) is 1.82. The van der Waals surface area contributed by atoms with Gasteiger partial charge in [0.05, 0.1) is 22.3 Å². The molecule has 0 amide bonds. The fraction of sp³-hybridized carbons (Fsp3) is 0.118. The zero-order valence-electron chi connectivity index (χ0n) is 24.4. The van der Waals surface area contributed by atoms with Crippen molar-refractivity contribution in [1.29, 1.82) is 0 Å². The molecular formula is C34H30N4O8+4. The first kappa shape index (κ1) is 31.1. The van der Waals surface area contributed by atoms with Crippen LogP contribution in [0.4, 0.5) is 0 Å². The van der Waals surface area contributed by atoms with Gasteiger partial charge >= 0.3 is 23.9 Å². The molecule has 4 aromatic heterocycles. The van der Waals surface area contributed by atoms with Gasteiger partial charge in [0.1, 0.15) is 0 Å². The second-order valence-corrected chi connectivity index (χ2v) is 10.6. The van der Waals surface area contributed by atoms with Crippen LogP contribution in [0.3, 0.4) is 0 Å². The van der Waals surface area contributed by atoms with Crippen molar-refractivity contribution in [3.8, 4) is 0 Å². The molecule has 0 aliphatic rings. The highest BCUT2D eigenvalue weighted by Gasteiger charge is 2.22. The Kier molecular flexibility index (Phi) is 9.18. The van der Waals surface area contributed by atoms with Crippen LogP contribution in [0.25, 0.3) is 0 Å². The van der Waals surface area contributed by atoms with Gasteiger partial charge in [-0.3, -0.25) is 0 Å². The molecule has 0 aliphatic heterocycles. The van der Waals surface area contributed by atoms with Gasteiger partial charge in [-0.2, -0.15) is 0 Å². The maximum absolute atomic E-state index is 11.4. The van der Waals surface area contributed by atoms with Crippen molar-refractivity contribution in [2.45, 2.75) is 26.2 Å². The second kappa shape index (κ2) is 13.6. The molecule has 0 spiro atoms. The van der Waals surface area contributed by atoms with Crippen molar-refractivity contribution in [3.63, 3.8) is 0 Å². The van der Waals surface area contributed by atoms with Gasteiger partial charge in [-0.15, -0.1) is 0 Å². The van der Waals surface area contributed by atoms with Crippen molar-refractivity contribution in [2.24, 2.45) is 0 Å². The molecule has 4 heterocycles. The van der Waals surface area contributed by atoms with Crippen LogP contribution in [0.5, 0.6) is 0 Å². The molecule has 12 heteroatoms. The van der Waals surface area contributed by atoms with Crippen molar-refractivity contribution < 1.29 is 57.9 Å². The summed E-state index contributed by atoms with van der Waals surface area (Å²) in [5, 5.41) is 37.3. The lowest BCUT2D eigenvalue weighted by atomic mass is 9.97. The summed E-state index contributed by atoms with van der Waals surface area (Å²) < 4.78 is 7.45. The fourth-order valence-electron chi connectivity index (χ4n) is 4.99. The third-order valence-electron chi connectivity index (χ3n) is 7.49. The van der Waals surface area contributed by atoms with Gasteiger partial charge in [0.2, 0.25) is 0 Å². The number of aromatic carboxylic acids is 4. The Morgan fingerprint density at radius 3 is 0.696 bits per heavy atom. The average Bonchev–Trinajstić information content (AvgIpc) is 3.04. The van der Waals surface area contributed by atoms with Crippen molar-refractivity contribution in [2.75, 3.05) is 0 Å². The second-order valence-electron chi connectivity index (χ2n) is 10.6. The summed E-state index contributed by atoms with van der Waals surface area (Å²) in [7, 11) is 0. The molecule has 0 fully saturated rings. The molecule has 0 unspecified atom stereocenters. The molecule has 5 aromatic rings. The number of pyridine rings is 4. The van der Waals surface area contributed by atoms with Gasteiger partial charge in [-0.25, -0.2) is 37.4 Å². The number of benzene rings is 1. The van der Waals surface area contributed by atoms with Crippen LogP contribution in [0, 0.1) is 0 Å². The molecule has 0 radical (unpaired) electrons. The molecule has 0 aliphatic carbocycles. The van der Waals surface area contributed by atoms with Gasteiger partial charge < -0.3 is 20.4 Å². The first-order valence-electron chi connectivity index (χ1n) is 14.1. The number of rotatable bonds is 12. The summed E-state index contributed by atoms with van der Waals surface area (Å²) in [4.78, 5) is 45.6. The third-order valence-corrected chi connectivity index (χ3v) is 7.49. The lowest BCUT2D eigenvalue weighted by molar-refractivity contribution is -0.695. The Morgan fingerprint density at radius 1 is 0.370 bits per heavy atom. The summed E-state index contributed by atoms with van der Waals surface area (Å²) in [5.74, 6) is -4.11. The molecule has 0 saturated carbocycles. The molecule has 230 valence electrons. The van der Waals surface area contributed by atoms with E-state index in [0.29, 0.717) is 26.2 Å². The first-order valence-corrected chi connectivity index (χ1v) is 14.1. The minimum atomic E-state index is -1.03. The van der Waals surface area contributed by atoms with E-state index in [-0.39, 0.29) is 22.3 Å². The fourth-order valence-corrected chi connectivity index (χ4v) is 4.99. The van der Waals surface area contributed by atoms with E-state index in [1.165, 1.54) is 48.5 Å². The van der Waals surface area contributed by atoms with Crippen LogP contribution in [0.2, 0.25) is 0 Å². The van der Waals surface area contributed by atoms with Crippen LogP contribution < -0.4 is 18.3 Å². The van der Waals surface area contributed by atoms with E-state index < -0.39 is 23.9 Å². The van der Waals surface area contributed by atoms with Gasteiger partial charge in [-0.05, 0) is 12.1 Å². The molecule has 46 heavy (non-hydrogen) atoms. The number of aromatic nitrogens is 4. The summed E-state index contributed by atoms with van der Waals surface area (Å²) in [6.07, 6.45) is 13.5. The number of carbonyl (C=O) groups is 4. The SMILES string of the molecule is O=C(O)c1cc[n+](Cc2cc(C[n+]3ccc(C(=O)O)cc3)c(C[n+]3ccc(C(=O)O)cc3)cc2C[n+]2ccc(C(=O)O)cc2)cc1. The molecule has 0 atom stereocenters. The monoisotopic (exact) mass is 622 g/mol. The molecule has 12 nitrogen and oxygen atoms in total. The largest absolute Gasteiger partial charge is 0.478 e. The van der Waals surface area contributed by atoms with E-state index >= 15 is 0 Å². The van der Waals surface area contributed by atoms with Crippen molar-refractivity contribution in [3.05, 3.63) is 155 Å². The number of nitrogens with zero attached hydrogens (tertiary/aromatic N) is 4. The zero-order chi connectivity index (χ0) is 32.8. The van der Waals surface area contributed by atoms with Crippen molar-refractivity contribution in [1.82, 2.24) is 0 Å². The maximum atomic E-state index is 11.4. The highest BCUT2D eigenvalue weighted by Crippen LogP contribution is 2.19. The number of hydrogen-bond acceptors (Lipinski definition) is 4. The van der Waals surface area contributed by atoms with Crippen LogP contribution in [0.1, 0.15) is 63.7 Å². The van der Waals surface area contributed by atoms with Crippen LogP contribution >= 0.6 is 0 Å². The Balaban J connectivity index is 1.59. The Bertz CT molecular complexity index is 1640. The molecular weight excluding hydrogens is 592 g/mol. The number of hydrogen-bond donors (Lipinski definition) is 4. The molecule has 4 N–H and O–H groups in total. The Morgan fingerprint density at radius 2 is 0.543 bits per heavy atom. The molecule has 0 bridgehead atoms. The summed E-state index contributed by atoms with van der Waals surface area (Å²) >= 11 is 0. The average molecular weight is 623 g/mol. The van der Waals surface area contributed by atoms with Gasteiger partial charge in [0.25, 0.3) is 0 Å². The summed E-state index contributed by atoms with van der Waals surface area (Å²) in [5.41, 5.74) is 4.35. The van der Waals surface area contributed by atoms with Crippen LogP contribution in [-0.4, -0.2) is 44.3 Å². The topological polar surface area (TPSA) is 165 Å². The lowest BCUT2D eigenvalue weighted by Crippen LogP contribution is -2.39. The number of carboxylic acid groups (broad SMARTS) is 4. The summed E-state index contributed by atoms with van der Waals surface area (Å²) in [6, 6.07) is 16.3. The molecule has 1 aromatic carbocycles. The van der Waals surface area contributed by atoms with E-state index in [1.54, 1.807) is 49.6 Å². The normalized spacial score (nSPS) is 10.8. The van der Waals surface area contributed by atoms with E-state index in [0.717, 1.165) is 22.3 Å². The Labute approximate surface area is 262 Å². The molecule has 5 rings (SSSR count). The smallest absolute Gasteiger partial charge is 0.336 e. The lowest BCUT2D eigenvalue weighted by Gasteiger charge is -2.12. The maximum Gasteiger partial charge on any atom is 0.336 e. The zero-order valence-corrected chi connectivity index (χ0v) is 24.4. The summed E-state index contributed by atoms with van der Waals surface area (Å²) in [6.45, 7) is 1.61. The van der Waals surface area contributed by atoms with Gasteiger partial charge in [-0.1, -0.05) is 0 Å². The Hall–Kier alpha value is -6.30. The first-order chi connectivity index (χ1) is 22.0. The quantitative estimate of drug-likeness (QED) is 0.153. The van der Waals surface area contributed by atoms with E-state index in [4.69, 9.17) is 0 Å². The predicted molar refractivity (Wildman–Crippen MR) is 157 cm³/mol. The minimum absolute atomic E-state index is 0.161. The standard InChI is InChI=1S/C34H26N4O8/c39-31(40)23-1-9-35(10-2-23)19-27-17-29(21-37-13-5-25(6-14-37)33(43)44)30(22-38-15-7-26(8-16-38)34(45)46)18-28(27)20-36-11-3-24(4-12-36)32(41)42/h1-18H,19-22H2/p+4. The number of carboxylic acids is 4. The van der Waals surface area contributed by atoms with Gasteiger partial charge in [0, 0.05) is 70.8 Å². The minimum Gasteiger partial charge on any atom is -0.478 e. The highest BCUT2D eigenvalue weighted by molar-refractivity contribution is 5.88. The van der Waals surface area contributed by atoms with Crippen LogP contribution in [0.15, 0.2) is 110 Å². The van der Waals surface area contributed by atoms with Gasteiger partial charge in [0.15, 0.2) is 75.8 Å². The van der Waals surface area contributed by atoms with Crippen molar-refractivity contribution >= 4 is 23.9 Å². The van der Waals surface area contributed by atoms with Crippen LogP contribution in [-0.2, 0) is 26.2 Å². The van der Waals surface area contributed by atoms with E-state index in [2.05, 4.69) is 12.1 Å². The third kappa shape index (κ3) is 7.61. The van der Waals surface area contributed by atoms with E-state index in [1.807, 2.05) is 18.3 Å².